The minimum Gasteiger partial charge on any atom is -0.486 e. The summed E-state index contributed by atoms with van der Waals surface area (Å²) in [6.07, 6.45) is 3.36. The Hall–Kier alpha value is -4.33. The van der Waals surface area contributed by atoms with Crippen LogP contribution in [-0.4, -0.2) is 28.8 Å². The zero-order valence-corrected chi connectivity index (χ0v) is 18.3. The van der Waals surface area contributed by atoms with Gasteiger partial charge in [-0.3, -0.25) is 9.48 Å². The van der Waals surface area contributed by atoms with Gasteiger partial charge in [-0.1, -0.05) is 29.8 Å². The van der Waals surface area contributed by atoms with Crippen molar-refractivity contribution in [3.63, 3.8) is 0 Å². The molecular weight excluding hydrogens is 422 g/mol. The fourth-order valence-electron chi connectivity index (χ4n) is 3.24. The van der Waals surface area contributed by atoms with Gasteiger partial charge in [-0.25, -0.2) is 4.79 Å². The second-order valence-corrected chi connectivity index (χ2v) is 7.44. The molecule has 0 fully saturated rings. The van der Waals surface area contributed by atoms with Crippen molar-refractivity contribution in [3.05, 3.63) is 101 Å². The molecule has 0 spiro atoms. The maximum absolute atomic E-state index is 12.5. The van der Waals surface area contributed by atoms with E-state index in [9.17, 15) is 9.59 Å². The molecule has 2 heterocycles. The number of carbonyl (C=O) groups is 2. The summed E-state index contributed by atoms with van der Waals surface area (Å²) < 4.78 is 17.7. The van der Waals surface area contributed by atoms with Crippen LogP contribution in [0.4, 0.5) is 5.69 Å². The van der Waals surface area contributed by atoms with Crippen LogP contribution in [0.1, 0.15) is 37.8 Å². The molecule has 4 rings (SSSR count). The summed E-state index contributed by atoms with van der Waals surface area (Å²) in [6, 6.07) is 18.0. The molecule has 1 amide bonds. The predicted octanol–water partition coefficient (Wildman–Crippen LogP) is 4.45. The quantitative estimate of drug-likeness (QED) is 0.403. The van der Waals surface area contributed by atoms with E-state index in [0.29, 0.717) is 29.3 Å². The van der Waals surface area contributed by atoms with Crippen molar-refractivity contribution in [1.29, 1.82) is 0 Å². The van der Waals surface area contributed by atoms with E-state index in [4.69, 9.17) is 9.15 Å². The molecule has 0 radical (unpaired) electrons. The van der Waals surface area contributed by atoms with Crippen LogP contribution in [-0.2, 0) is 17.9 Å². The van der Waals surface area contributed by atoms with Gasteiger partial charge in [0.25, 0.3) is 5.91 Å². The van der Waals surface area contributed by atoms with Crippen molar-refractivity contribution in [1.82, 2.24) is 9.78 Å². The van der Waals surface area contributed by atoms with Gasteiger partial charge in [0.1, 0.15) is 18.1 Å². The molecule has 2 aromatic carbocycles. The van der Waals surface area contributed by atoms with E-state index in [0.717, 1.165) is 5.56 Å². The molecule has 4 aromatic rings. The number of amides is 1. The summed E-state index contributed by atoms with van der Waals surface area (Å²) in [7, 11) is 1.33. The average Bonchev–Trinajstić information content (AvgIpc) is 3.47. The number of esters is 1. The first-order valence-electron chi connectivity index (χ1n) is 10.3. The lowest BCUT2D eigenvalue weighted by Gasteiger charge is -2.05. The van der Waals surface area contributed by atoms with Gasteiger partial charge in [0, 0.05) is 6.20 Å². The van der Waals surface area contributed by atoms with E-state index in [1.165, 1.54) is 12.7 Å². The topological polar surface area (TPSA) is 95.6 Å². The number of hydrogen-bond acceptors (Lipinski definition) is 6. The van der Waals surface area contributed by atoms with E-state index < -0.39 is 5.97 Å². The van der Waals surface area contributed by atoms with Crippen molar-refractivity contribution in [2.45, 2.75) is 20.1 Å². The van der Waals surface area contributed by atoms with Crippen molar-refractivity contribution < 1.29 is 23.5 Å². The number of rotatable bonds is 8. The van der Waals surface area contributed by atoms with Gasteiger partial charge in [-0.15, -0.1) is 0 Å². The van der Waals surface area contributed by atoms with Crippen molar-refractivity contribution in [2.24, 2.45) is 0 Å². The number of aryl methyl sites for hydroxylation is 1. The minimum atomic E-state index is -0.413. The highest BCUT2D eigenvalue weighted by Gasteiger charge is 2.13. The molecule has 0 aliphatic rings. The lowest BCUT2D eigenvalue weighted by molar-refractivity contribution is 0.0600. The maximum atomic E-state index is 12.5. The number of benzene rings is 2. The Labute approximate surface area is 190 Å². The van der Waals surface area contributed by atoms with E-state index in [2.05, 4.69) is 21.2 Å². The van der Waals surface area contributed by atoms with Gasteiger partial charge < -0.3 is 19.2 Å². The van der Waals surface area contributed by atoms with Crippen LogP contribution in [0.2, 0.25) is 0 Å². The Balaban J connectivity index is 1.31. The Kier molecular flexibility index (Phi) is 6.54. The molecule has 0 aliphatic carbocycles. The molecule has 168 valence electrons. The standard InChI is InChI=1S/C25H23N3O5/c1-17-4-3-5-18(12-17)14-28-15-20(13-26-28)27-24(29)23-11-10-22(33-23)16-32-21-8-6-19(7-9-21)25(30)31-2/h3-13,15H,14,16H2,1-2H3,(H,27,29). The first-order chi connectivity index (χ1) is 16.0. The minimum absolute atomic E-state index is 0.138. The van der Waals surface area contributed by atoms with Crippen LogP contribution >= 0.6 is 0 Å². The molecule has 0 atom stereocenters. The monoisotopic (exact) mass is 445 g/mol. The van der Waals surface area contributed by atoms with Crippen LogP contribution in [0.15, 0.2) is 77.5 Å². The molecule has 0 bridgehead atoms. The zero-order valence-electron chi connectivity index (χ0n) is 18.3. The van der Waals surface area contributed by atoms with E-state index >= 15 is 0 Å². The zero-order chi connectivity index (χ0) is 23.2. The number of nitrogens with zero attached hydrogens (tertiary/aromatic N) is 2. The Morgan fingerprint density at radius 2 is 1.91 bits per heavy atom. The third-order valence-electron chi connectivity index (χ3n) is 4.86. The predicted molar refractivity (Wildman–Crippen MR) is 121 cm³/mol. The number of hydrogen-bond donors (Lipinski definition) is 1. The molecule has 0 saturated carbocycles. The number of aromatic nitrogens is 2. The number of carbonyl (C=O) groups excluding carboxylic acids is 2. The molecule has 8 heteroatoms. The van der Waals surface area contributed by atoms with Gasteiger partial charge in [0.2, 0.25) is 0 Å². The van der Waals surface area contributed by atoms with Gasteiger partial charge in [0.15, 0.2) is 5.76 Å². The van der Waals surface area contributed by atoms with Gasteiger partial charge in [-0.05, 0) is 48.9 Å². The third-order valence-corrected chi connectivity index (χ3v) is 4.86. The fraction of sp³-hybridized carbons (Fsp3) is 0.160. The number of nitrogens with one attached hydrogen (secondary N) is 1. The molecule has 0 saturated heterocycles. The van der Waals surface area contributed by atoms with Gasteiger partial charge in [0.05, 0.1) is 31.1 Å². The lowest BCUT2D eigenvalue weighted by Crippen LogP contribution is -2.10. The highest BCUT2D eigenvalue weighted by molar-refractivity contribution is 6.02. The van der Waals surface area contributed by atoms with Gasteiger partial charge >= 0.3 is 5.97 Å². The Morgan fingerprint density at radius 1 is 1.09 bits per heavy atom. The van der Waals surface area contributed by atoms with Crippen molar-refractivity contribution in [3.8, 4) is 5.75 Å². The molecule has 8 nitrogen and oxygen atoms in total. The smallest absolute Gasteiger partial charge is 0.337 e. The van der Waals surface area contributed by atoms with E-state index in [1.54, 1.807) is 53.5 Å². The summed E-state index contributed by atoms with van der Waals surface area (Å²) in [6.45, 7) is 2.79. The normalized spacial score (nSPS) is 10.6. The van der Waals surface area contributed by atoms with Crippen molar-refractivity contribution in [2.75, 3.05) is 12.4 Å². The van der Waals surface area contributed by atoms with Crippen LogP contribution < -0.4 is 10.1 Å². The SMILES string of the molecule is COC(=O)c1ccc(OCc2ccc(C(=O)Nc3cnn(Cc4cccc(C)c4)c3)o2)cc1. The highest BCUT2D eigenvalue weighted by Crippen LogP contribution is 2.17. The van der Waals surface area contributed by atoms with Crippen molar-refractivity contribution >= 4 is 17.6 Å². The summed E-state index contributed by atoms with van der Waals surface area (Å²) in [5, 5.41) is 7.09. The van der Waals surface area contributed by atoms with E-state index in [-0.39, 0.29) is 18.3 Å². The Bertz CT molecular complexity index is 1260. The lowest BCUT2D eigenvalue weighted by atomic mass is 10.1. The van der Waals surface area contributed by atoms with Crippen LogP contribution in [0, 0.1) is 6.92 Å². The summed E-state index contributed by atoms with van der Waals surface area (Å²) in [4.78, 5) is 24.0. The molecule has 1 N–H and O–H groups in total. The summed E-state index contributed by atoms with van der Waals surface area (Å²) in [5.74, 6) is 0.433. The summed E-state index contributed by atoms with van der Waals surface area (Å²) >= 11 is 0. The van der Waals surface area contributed by atoms with Crippen LogP contribution in [0.5, 0.6) is 5.75 Å². The van der Waals surface area contributed by atoms with Crippen LogP contribution in [0.25, 0.3) is 0 Å². The molecule has 0 aliphatic heterocycles. The number of anilines is 1. The summed E-state index contributed by atoms with van der Waals surface area (Å²) in [5.41, 5.74) is 3.33. The highest BCUT2D eigenvalue weighted by atomic mass is 16.5. The number of furan rings is 1. The second-order valence-electron chi connectivity index (χ2n) is 7.44. The largest absolute Gasteiger partial charge is 0.486 e. The Morgan fingerprint density at radius 3 is 2.67 bits per heavy atom. The first kappa shape index (κ1) is 21.9. The number of methoxy groups -OCH3 is 1. The molecule has 33 heavy (non-hydrogen) atoms. The van der Waals surface area contributed by atoms with E-state index in [1.807, 2.05) is 25.1 Å². The number of ether oxygens (including phenoxy) is 2. The maximum Gasteiger partial charge on any atom is 0.337 e. The van der Waals surface area contributed by atoms with Gasteiger partial charge in [-0.2, -0.15) is 5.10 Å². The first-order valence-corrected chi connectivity index (χ1v) is 10.3. The third kappa shape index (κ3) is 5.68. The average molecular weight is 445 g/mol. The van der Waals surface area contributed by atoms with Crippen LogP contribution in [0.3, 0.4) is 0 Å². The molecule has 2 aromatic heterocycles. The molecular formula is C25H23N3O5. The fourth-order valence-corrected chi connectivity index (χ4v) is 3.24. The second kappa shape index (κ2) is 9.86. The molecule has 0 unspecified atom stereocenters.